The van der Waals surface area contributed by atoms with Gasteiger partial charge >= 0.3 is 0 Å². The van der Waals surface area contributed by atoms with Crippen LogP contribution in [0.15, 0.2) is 42.5 Å². The molecule has 0 radical (unpaired) electrons. The van der Waals surface area contributed by atoms with E-state index in [1.54, 1.807) is 54.4 Å². The largest absolute Gasteiger partial charge is 0.491 e. The van der Waals surface area contributed by atoms with Crippen molar-refractivity contribution in [1.82, 2.24) is 9.88 Å². The van der Waals surface area contributed by atoms with Crippen LogP contribution in [0.3, 0.4) is 0 Å². The molecule has 1 aromatic carbocycles. The summed E-state index contributed by atoms with van der Waals surface area (Å²) in [4.78, 5) is 30.7. The minimum absolute atomic E-state index is 0.0883. The first-order valence-electron chi connectivity index (χ1n) is 9.21. The first-order valence-corrected chi connectivity index (χ1v) is 9.21. The van der Waals surface area contributed by atoms with Gasteiger partial charge in [-0.25, -0.2) is 4.98 Å². The topological polar surface area (TPSA) is 71.5 Å². The molecule has 0 atom stereocenters. The van der Waals surface area contributed by atoms with Gasteiger partial charge in [-0.3, -0.25) is 9.59 Å². The van der Waals surface area contributed by atoms with Crippen LogP contribution in [0.1, 0.15) is 54.6 Å². The Morgan fingerprint density at radius 2 is 1.78 bits per heavy atom. The van der Waals surface area contributed by atoms with Gasteiger partial charge in [0.15, 0.2) is 0 Å². The Morgan fingerprint density at radius 1 is 1.11 bits per heavy atom. The Morgan fingerprint density at radius 3 is 2.41 bits per heavy atom. The number of aromatic nitrogens is 1. The zero-order chi connectivity index (χ0) is 19.8. The molecule has 0 fully saturated rings. The van der Waals surface area contributed by atoms with Crippen LogP contribution in [-0.4, -0.2) is 41.4 Å². The number of nitrogens with one attached hydrogen (secondary N) is 1. The van der Waals surface area contributed by atoms with Crippen LogP contribution in [-0.2, 0) is 0 Å². The van der Waals surface area contributed by atoms with Crippen LogP contribution < -0.4 is 10.1 Å². The summed E-state index contributed by atoms with van der Waals surface area (Å²) in [7, 11) is 1.74. The van der Waals surface area contributed by atoms with Crippen LogP contribution in [0.2, 0.25) is 0 Å². The summed E-state index contributed by atoms with van der Waals surface area (Å²) in [6.45, 7) is 6.64. The fourth-order valence-corrected chi connectivity index (χ4v) is 2.46. The molecular weight excluding hydrogens is 342 g/mol. The van der Waals surface area contributed by atoms with Crippen molar-refractivity contribution in [2.75, 3.05) is 18.9 Å². The number of amides is 2. The molecule has 0 aliphatic heterocycles. The lowest BCUT2D eigenvalue weighted by atomic mass is 10.2. The number of benzene rings is 1. The summed E-state index contributed by atoms with van der Waals surface area (Å²) >= 11 is 0. The molecule has 0 bridgehead atoms. The van der Waals surface area contributed by atoms with Gasteiger partial charge in [-0.15, -0.1) is 0 Å². The van der Waals surface area contributed by atoms with Crippen LogP contribution in [0.5, 0.6) is 5.75 Å². The first-order chi connectivity index (χ1) is 12.9. The van der Waals surface area contributed by atoms with E-state index in [2.05, 4.69) is 17.2 Å². The Balaban J connectivity index is 2.05. The number of unbranched alkanes of at least 4 members (excludes halogenated alkanes) is 1. The Bertz CT molecular complexity index is 772. The Kier molecular flexibility index (Phi) is 7.34. The first kappa shape index (κ1) is 20.4. The second-order valence-electron chi connectivity index (χ2n) is 6.63. The second kappa shape index (κ2) is 9.71. The van der Waals surface area contributed by atoms with Crippen molar-refractivity contribution in [2.45, 2.75) is 39.7 Å². The molecule has 6 nitrogen and oxygen atoms in total. The standard InChI is InChI=1S/C21H27N3O3/c1-5-6-14-24(4)21(26)19-9-7-8-18(23-19)20(25)22-16-10-12-17(13-11-16)27-15(2)3/h7-13,15H,5-6,14H2,1-4H3,(H,22,25). The lowest BCUT2D eigenvalue weighted by Gasteiger charge is -2.16. The monoisotopic (exact) mass is 369 g/mol. The van der Waals surface area contributed by atoms with Crippen LogP contribution in [0, 0.1) is 0 Å². The van der Waals surface area contributed by atoms with E-state index < -0.39 is 0 Å². The number of pyridine rings is 1. The number of hydrogen-bond acceptors (Lipinski definition) is 4. The summed E-state index contributed by atoms with van der Waals surface area (Å²) in [6.07, 6.45) is 2.03. The Labute approximate surface area is 160 Å². The molecule has 2 amide bonds. The maximum atomic E-state index is 12.5. The molecule has 0 aliphatic carbocycles. The smallest absolute Gasteiger partial charge is 0.274 e. The normalized spacial score (nSPS) is 10.6. The van der Waals surface area contributed by atoms with Crippen molar-refractivity contribution in [3.63, 3.8) is 0 Å². The molecule has 0 saturated heterocycles. The van der Waals surface area contributed by atoms with E-state index in [0.29, 0.717) is 12.2 Å². The number of hydrogen-bond donors (Lipinski definition) is 1. The van der Waals surface area contributed by atoms with Crippen molar-refractivity contribution >= 4 is 17.5 Å². The van der Waals surface area contributed by atoms with Crippen molar-refractivity contribution in [1.29, 1.82) is 0 Å². The average Bonchev–Trinajstić information content (AvgIpc) is 2.66. The molecule has 27 heavy (non-hydrogen) atoms. The fraction of sp³-hybridized carbons (Fsp3) is 0.381. The number of rotatable bonds is 8. The number of carbonyl (C=O) groups is 2. The highest BCUT2D eigenvalue weighted by molar-refractivity contribution is 6.03. The van der Waals surface area contributed by atoms with Crippen molar-refractivity contribution < 1.29 is 14.3 Å². The molecule has 1 N–H and O–H groups in total. The molecule has 0 saturated carbocycles. The van der Waals surface area contributed by atoms with E-state index in [0.717, 1.165) is 18.6 Å². The van der Waals surface area contributed by atoms with Gasteiger partial charge in [-0.2, -0.15) is 0 Å². The van der Waals surface area contributed by atoms with Crippen molar-refractivity contribution in [2.24, 2.45) is 0 Å². The highest BCUT2D eigenvalue weighted by atomic mass is 16.5. The van der Waals surface area contributed by atoms with Gasteiger partial charge in [0.1, 0.15) is 17.1 Å². The van der Waals surface area contributed by atoms with E-state index in [4.69, 9.17) is 4.74 Å². The maximum Gasteiger partial charge on any atom is 0.274 e. The van der Waals surface area contributed by atoms with Gasteiger partial charge in [0.2, 0.25) is 0 Å². The molecule has 1 heterocycles. The van der Waals surface area contributed by atoms with Crippen LogP contribution >= 0.6 is 0 Å². The van der Waals surface area contributed by atoms with E-state index in [-0.39, 0.29) is 29.3 Å². The minimum atomic E-state index is -0.363. The molecule has 6 heteroatoms. The predicted molar refractivity (Wildman–Crippen MR) is 106 cm³/mol. The van der Waals surface area contributed by atoms with Gasteiger partial charge in [0.05, 0.1) is 6.10 Å². The summed E-state index contributed by atoms with van der Waals surface area (Å²) < 4.78 is 5.58. The number of ether oxygens (including phenoxy) is 1. The van der Waals surface area contributed by atoms with E-state index >= 15 is 0 Å². The third-order valence-corrected chi connectivity index (χ3v) is 3.88. The molecule has 0 spiro atoms. The quantitative estimate of drug-likeness (QED) is 0.764. The van der Waals surface area contributed by atoms with Gasteiger partial charge < -0.3 is 15.0 Å². The summed E-state index contributed by atoms with van der Waals surface area (Å²) in [5.74, 6) is 0.190. The predicted octanol–water partition coefficient (Wildman–Crippen LogP) is 3.99. The summed E-state index contributed by atoms with van der Waals surface area (Å²) in [5, 5.41) is 2.79. The van der Waals surface area contributed by atoms with Crippen LogP contribution in [0.25, 0.3) is 0 Å². The van der Waals surface area contributed by atoms with E-state index in [1.807, 2.05) is 13.8 Å². The van der Waals surface area contributed by atoms with Gasteiger partial charge in [0, 0.05) is 19.3 Å². The van der Waals surface area contributed by atoms with Crippen molar-refractivity contribution in [3.05, 3.63) is 53.9 Å². The maximum absolute atomic E-state index is 12.5. The molecule has 144 valence electrons. The SMILES string of the molecule is CCCCN(C)C(=O)c1cccc(C(=O)Nc2ccc(OC(C)C)cc2)n1. The highest BCUT2D eigenvalue weighted by Crippen LogP contribution is 2.17. The van der Waals surface area contributed by atoms with E-state index in [9.17, 15) is 9.59 Å². The second-order valence-corrected chi connectivity index (χ2v) is 6.63. The van der Waals surface area contributed by atoms with Crippen molar-refractivity contribution in [3.8, 4) is 5.75 Å². The minimum Gasteiger partial charge on any atom is -0.491 e. The zero-order valence-corrected chi connectivity index (χ0v) is 16.4. The Hall–Kier alpha value is -2.89. The third-order valence-electron chi connectivity index (χ3n) is 3.88. The fourth-order valence-electron chi connectivity index (χ4n) is 2.46. The third kappa shape index (κ3) is 6.09. The van der Waals surface area contributed by atoms with Gasteiger partial charge in [-0.05, 0) is 56.7 Å². The number of anilines is 1. The molecular formula is C21H27N3O3. The zero-order valence-electron chi connectivity index (χ0n) is 16.4. The molecule has 1 aromatic heterocycles. The van der Waals surface area contributed by atoms with Crippen LogP contribution in [0.4, 0.5) is 5.69 Å². The van der Waals surface area contributed by atoms with E-state index in [1.165, 1.54) is 0 Å². The number of carbonyl (C=O) groups excluding carboxylic acids is 2. The van der Waals surface area contributed by atoms with Gasteiger partial charge in [0.25, 0.3) is 11.8 Å². The average molecular weight is 369 g/mol. The lowest BCUT2D eigenvalue weighted by Crippen LogP contribution is -2.29. The molecule has 0 unspecified atom stereocenters. The summed E-state index contributed by atoms with van der Waals surface area (Å²) in [5.41, 5.74) is 1.10. The highest BCUT2D eigenvalue weighted by Gasteiger charge is 2.15. The molecule has 2 aromatic rings. The van der Waals surface area contributed by atoms with Gasteiger partial charge in [-0.1, -0.05) is 19.4 Å². The number of nitrogens with zero attached hydrogens (tertiary/aromatic N) is 2. The molecule has 0 aliphatic rings. The molecule has 2 rings (SSSR count). The lowest BCUT2D eigenvalue weighted by molar-refractivity contribution is 0.0787. The summed E-state index contributed by atoms with van der Waals surface area (Å²) in [6, 6.07) is 12.0.